The second-order valence-electron chi connectivity index (χ2n) is 6.87. The van der Waals surface area contributed by atoms with Crippen molar-refractivity contribution < 1.29 is 4.74 Å². The van der Waals surface area contributed by atoms with E-state index in [0.717, 1.165) is 57.5 Å². The molecule has 2 aromatic heterocycles. The van der Waals surface area contributed by atoms with Gasteiger partial charge in [-0.1, -0.05) is 36.0 Å². The molecule has 1 fully saturated rings. The molecule has 132 valence electrons. The number of imidazole rings is 2. The summed E-state index contributed by atoms with van der Waals surface area (Å²) in [5.41, 5.74) is 4.39. The van der Waals surface area contributed by atoms with Crippen LogP contribution in [0.25, 0.3) is 22.1 Å². The molecule has 3 heterocycles. The number of aromatic nitrogens is 4. The Labute approximate surface area is 159 Å². The van der Waals surface area contributed by atoms with Gasteiger partial charge in [-0.15, -0.1) is 0 Å². The standard InChI is InChI=1S/C19H18N4OS2/c25-18-22-15-7-3-4-8-16(15)23(18)9-19(10-24-11-19)12-26-17-20-13-5-1-2-6-14(13)21-17/h1-8H,9-12H2,(H,20,21)(H,22,25). The summed E-state index contributed by atoms with van der Waals surface area (Å²) in [4.78, 5) is 11.4. The summed E-state index contributed by atoms with van der Waals surface area (Å²) in [6.45, 7) is 2.35. The fourth-order valence-corrected chi connectivity index (χ4v) is 4.75. The van der Waals surface area contributed by atoms with Crippen molar-refractivity contribution in [3.63, 3.8) is 0 Å². The number of H-pyrrole nitrogens is 2. The zero-order valence-electron chi connectivity index (χ0n) is 14.1. The minimum Gasteiger partial charge on any atom is -0.380 e. The Hall–Kier alpha value is -2.09. The van der Waals surface area contributed by atoms with Gasteiger partial charge in [0.15, 0.2) is 9.93 Å². The van der Waals surface area contributed by atoms with Gasteiger partial charge < -0.3 is 19.3 Å². The number of hydrogen-bond donors (Lipinski definition) is 2. The molecule has 0 unspecified atom stereocenters. The molecule has 0 saturated carbocycles. The van der Waals surface area contributed by atoms with Crippen LogP contribution in [-0.4, -0.2) is 38.5 Å². The monoisotopic (exact) mass is 382 g/mol. The van der Waals surface area contributed by atoms with Crippen molar-refractivity contribution in [2.75, 3.05) is 19.0 Å². The van der Waals surface area contributed by atoms with E-state index in [1.54, 1.807) is 11.8 Å². The quantitative estimate of drug-likeness (QED) is 0.397. The largest absolute Gasteiger partial charge is 0.380 e. The first kappa shape index (κ1) is 16.1. The lowest BCUT2D eigenvalue weighted by atomic mass is 9.88. The molecular weight excluding hydrogens is 364 g/mol. The van der Waals surface area contributed by atoms with Crippen LogP contribution in [0, 0.1) is 10.2 Å². The first-order chi connectivity index (χ1) is 12.7. The van der Waals surface area contributed by atoms with Crippen molar-refractivity contribution in [2.45, 2.75) is 11.7 Å². The van der Waals surface area contributed by atoms with E-state index in [-0.39, 0.29) is 5.41 Å². The van der Waals surface area contributed by atoms with Crippen LogP contribution in [0.15, 0.2) is 53.7 Å². The topological polar surface area (TPSA) is 58.6 Å². The third-order valence-corrected chi connectivity index (χ3v) is 6.42. The van der Waals surface area contributed by atoms with Crippen LogP contribution >= 0.6 is 24.0 Å². The Kier molecular flexibility index (Phi) is 3.88. The first-order valence-electron chi connectivity index (χ1n) is 8.55. The Morgan fingerprint density at radius 2 is 1.85 bits per heavy atom. The van der Waals surface area contributed by atoms with Gasteiger partial charge in [0, 0.05) is 17.7 Å². The van der Waals surface area contributed by atoms with Gasteiger partial charge in [-0.25, -0.2) is 4.98 Å². The number of fused-ring (bicyclic) bond motifs is 2. The van der Waals surface area contributed by atoms with Gasteiger partial charge in [-0.05, 0) is 36.5 Å². The van der Waals surface area contributed by atoms with E-state index in [9.17, 15) is 0 Å². The minimum atomic E-state index is 0.0762. The van der Waals surface area contributed by atoms with Gasteiger partial charge in [0.05, 0.1) is 35.3 Å². The van der Waals surface area contributed by atoms with Crippen molar-refractivity contribution in [3.8, 4) is 0 Å². The van der Waals surface area contributed by atoms with E-state index in [4.69, 9.17) is 17.0 Å². The van der Waals surface area contributed by atoms with Crippen molar-refractivity contribution in [1.82, 2.24) is 19.5 Å². The molecule has 4 aromatic rings. The van der Waals surface area contributed by atoms with Crippen molar-refractivity contribution in [1.29, 1.82) is 0 Å². The maximum Gasteiger partial charge on any atom is 0.178 e. The summed E-state index contributed by atoms with van der Waals surface area (Å²) in [6.07, 6.45) is 0. The van der Waals surface area contributed by atoms with Gasteiger partial charge in [0.2, 0.25) is 0 Å². The molecule has 0 atom stereocenters. The molecule has 1 aliphatic heterocycles. The molecule has 2 aromatic carbocycles. The predicted octanol–water partition coefficient (Wildman–Crippen LogP) is 4.38. The lowest BCUT2D eigenvalue weighted by molar-refractivity contribution is -0.106. The number of nitrogens with zero attached hydrogens (tertiary/aromatic N) is 2. The van der Waals surface area contributed by atoms with Crippen LogP contribution in [-0.2, 0) is 11.3 Å². The number of hydrogen-bond acceptors (Lipinski definition) is 4. The molecule has 0 radical (unpaired) electrons. The number of thioether (sulfide) groups is 1. The highest BCUT2D eigenvalue weighted by molar-refractivity contribution is 7.99. The smallest absolute Gasteiger partial charge is 0.178 e. The van der Waals surface area contributed by atoms with Crippen LogP contribution < -0.4 is 0 Å². The highest BCUT2D eigenvalue weighted by atomic mass is 32.2. The summed E-state index contributed by atoms with van der Waals surface area (Å²) in [7, 11) is 0. The molecule has 0 aliphatic carbocycles. The van der Waals surface area contributed by atoms with Crippen LogP contribution in [0.2, 0.25) is 0 Å². The summed E-state index contributed by atoms with van der Waals surface area (Å²) >= 11 is 7.31. The molecule has 2 N–H and O–H groups in total. The molecule has 0 bridgehead atoms. The summed E-state index contributed by atoms with van der Waals surface area (Å²) in [5, 5.41) is 0.958. The lowest BCUT2D eigenvalue weighted by Crippen LogP contribution is -2.48. The highest BCUT2D eigenvalue weighted by Crippen LogP contribution is 2.36. The van der Waals surface area contributed by atoms with Crippen LogP contribution in [0.4, 0.5) is 0 Å². The second-order valence-corrected chi connectivity index (χ2v) is 8.22. The summed E-state index contributed by atoms with van der Waals surface area (Å²) in [5.74, 6) is 0.939. The molecule has 1 saturated heterocycles. The summed E-state index contributed by atoms with van der Waals surface area (Å²) in [6, 6.07) is 16.4. The van der Waals surface area contributed by atoms with Crippen molar-refractivity contribution in [2.24, 2.45) is 5.41 Å². The first-order valence-corrected chi connectivity index (χ1v) is 9.95. The third-order valence-electron chi connectivity index (χ3n) is 4.87. The SMILES string of the molecule is S=c1[nH]c2ccccc2n1CC1(CSc2nc3ccccc3[nH]2)COC1. The average molecular weight is 383 g/mol. The predicted molar refractivity (Wildman–Crippen MR) is 107 cm³/mol. The van der Waals surface area contributed by atoms with E-state index in [1.807, 2.05) is 24.3 Å². The van der Waals surface area contributed by atoms with Crippen LogP contribution in [0.3, 0.4) is 0 Å². The number of benzene rings is 2. The number of rotatable bonds is 5. The second kappa shape index (κ2) is 6.26. The average Bonchev–Trinajstić information content (AvgIpc) is 3.17. The molecule has 0 amide bonds. The number of para-hydroxylation sites is 4. The molecule has 7 heteroatoms. The number of nitrogens with one attached hydrogen (secondary N) is 2. The van der Waals surface area contributed by atoms with Crippen LogP contribution in [0.5, 0.6) is 0 Å². The fraction of sp³-hybridized carbons (Fsp3) is 0.263. The molecule has 5 rings (SSSR count). The molecule has 5 nitrogen and oxygen atoms in total. The van der Waals surface area contributed by atoms with E-state index >= 15 is 0 Å². The molecule has 0 spiro atoms. The van der Waals surface area contributed by atoms with E-state index in [1.165, 1.54) is 0 Å². The Bertz CT molecular complexity index is 1110. The maximum absolute atomic E-state index is 5.58. The van der Waals surface area contributed by atoms with Gasteiger partial charge in [-0.3, -0.25) is 0 Å². The molecular formula is C19H18N4OS2. The van der Waals surface area contributed by atoms with Crippen molar-refractivity contribution in [3.05, 3.63) is 53.3 Å². The van der Waals surface area contributed by atoms with Crippen LogP contribution in [0.1, 0.15) is 0 Å². The highest BCUT2D eigenvalue weighted by Gasteiger charge is 2.40. The maximum atomic E-state index is 5.58. The van der Waals surface area contributed by atoms with E-state index in [0.29, 0.717) is 0 Å². The number of aromatic amines is 2. The minimum absolute atomic E-state index is 0.0762. The van der Waals surface area contributed by atoms with E-state index in [2.05, 4.69) is 43.8 Å². The van der Waals surface area contributed by atoms with E-state index < -0.39 is 0 Å². The Morgan fingerprint density at radius 1 is 1.08 bits per heavy atom. The Balaban J connectivity index is 1.39. The fourth-order valence-electron chi connectivity index (χ4n) is 3.43. The Morgan fingerprint density at radius 3 is 2.62 bits per heavy atom. The van der Waals surface area contributed by atoms with Gasteiger partial charge in [0.25, 0.3) is 0 Å². The zero-order valence-corrected chi connectivity index (χ0v) is 15.7. The van der Waals surface area contributed by atoms with Crippen molar-refractivity contribution >= 4 is 46.0 Å². The molecule has 1 aliphatic rings. The third kappa shape index (κ3) is 2.76. The zero-order chi connectivity index (χ0) is 17.6. The normalized spacial score (nSPS) is 16.2. The van der Waals surface area contributed by atoms with Gasteiger partial charge in [-0.2, -0.15) is 0 Å². The van der Waals surface area contributed by atoms with Gasteiger partial charge >= 0.3 is 0 Å². The molecule has 26 heavy (non-hydrogen) atoms. The number of ether oxygens (including phenoxy) is 1. The van der Waals surface area contributed by atoms with Gasteiger partial charge in [0.1, 0.15) is 0 Å². The summed E-state index contributed by atoms with van der Waals surface area (Å²) < 4.78 is 8.56. The lowest BCUT2D eigenvalue weighted by Gasteiger charge is -2.41.